The summed E-state index contributed by atoms with van der Waals surface area (Å²) in [5.41, 5.74) is 4.05. The standard InChI is InChI=1S/C17H17F2N/c1-11-2-4-14-9-12(3-7-17(14)20-11)8-13-5-6-15(18)10-16(13)19/h3,5-7,9-11,20H,2,4,8H2,1H3. The largest absolute Gasteiger partial charge is 0.382 e. The van der Waals surface area contributed by atoms with Crippen LogP contribution in [0, 0.1) is 11.6 Å². The molecule has 1 aliphatic heterocycles. The summed E-state index contributed by atoms with van der Waals surface area (Å²) < 4.78 is 26.6. The Balaban J connectivity index is 1.85. The minimum absolute atomic E-state index is 0.477. The summed E-state index contributed by atoms with van der Waals surface area (Å²) in [6.45, 7) is 2.17. The van der Waals surface area contributed by atoms with E-state index in [1.807, 2.05) is 6.07 Å². The van der Waals surface area contributed by atoms with Crippen LogP contribution in [0.4, 0.5) is 14.5 Å². The second-order valence-electron chi connectivity index (χ2n) is 5.49. The molecule has 0 radical (unpaired) electrons. The first-order valence-electron chi connectivity index (χ1n) is 6.94. The SMILES string of the molecule is CC1CCc2cc(Cc3ccc(F)cc3F)ccc2N1. The highest BCUT2D eigenvalue weighted by Gasteiger charge is 2.14. The van der Waals surface area contributed by atoms with Crippen LogP contribution in [0.2, 0.25) is 0 Å². The summed E-state index contributed by atoms with van der Waals surface area (Å²) in [6, 6.07) is 10.5. The fourth-order valence-corrected chi connectivity index (χ4v) is 2.70. The molecular formula is C17H17F2N. The molecule has 104 valence electrons. The first-order chi connectivity index (χ1) is 9.61. The van der Waals surface area contributed by atoms with Gasteiger partial charge in [-0.15, -0.1) is 0 Å². The maximum atomic E-state index is 13.7. The zero-order valence-electron chi connectivity index (χ0n) is 11.4. The lowest BCUT2D eigenvalue weighted by Gasteiger charge is -2.24. The van der Waals surface area contributed by atoms with Crippen LogP contribution in [0.25, 0.3) is 0 Å². The molecule has 0 aromatic heterocycles. The zero-order valence-corrected chi connectivity index (χ0v) is 11.4. The van der Waals surface area contributed by atoms with Gasteiger partial charge in [-0.2, -0.15) is 0 Å². The molecule has 0 saturated carbocycles. The molecule has 20 heavy (non-hydrogen) atoms. The monoisotopic (exact) mass is 273 g/mol. The van der Waals surface area contributed by atoms with E-state index in [4.69, 9.17) is 0 Å². The molecule has 0 bridgehead atoms. The summed E-state index contributed by atoms with van der Waals surface area (Å²) in [4.78, 5) is 0. The van der Waals surface area contributed by atoms with E-state index in [2.05, 4.69) is 24.4 Å². The average molecular weight is 273 g/mol. The van der Waals surface area contributed by atoms with Crippen molar-refractivity contribution in [3.8, 4) is 0 Å². The molecule has 0 spiro atoms. The highest BCUT2D eigenvalue weighted by atomic mass is 19.1. The fraction of sp³-hybridized carbons (Fsp3) is 0.294. The topological polar surface area (TPSA) is 12.0 Å². The molecule has 1 atom stereocenters. The number of nitrogens with one attached hydrogen (secondary N) is 1. The molecule has 2 aromatic carbocycles. The molecule has 1 aliphatic rings. The predicted octanol–water partition coefficient (Wildman–Crippen LogP) is 4.30. The lowest BCUT2D eigenvalue weighted by molar-refractivity contribution is 0.574. The molecule has 2 aromatic rings. The Bertz CT molecular complexity index is 637. The van der Waals surface area contributed by atoms with E-state index in [9.17, 15) is 8.78 Å². The molecule has 1 nitrogen and oxygen atoms in total. The summed E-state index contributed by atoms with van der Waals surface area (Å²) in [6.07, 6.45) is 2.65. The first-order valence-corrected chi connectivity index (χ1v) is 6.94. The van der Waals surface area contributed by atoms with Gasteiger partial charge in [0.05, 0.1) is 0 Å². The molecule has 0 aliphatic carbocycles. The van der Waals surface area contributed by atoms with Crippen LogP contribution in [-0.2, 0) is 12.8 Å². The van der Waals surface area contributed by atoms with E-state index in [0.29, 0.717) is 18.0 Å². The molecule has 0 amide bonds. The highest BCUT2D eigenvalue weighted by molar-refractivity contribution is 5.55. The van der Waals surface area contributed by atoms with Gasteiger partial charge in [-0.05, 0) is 48.6 Å². The zero-order chi connectivity index (χ0) is 14.1. The molecule has 1 N–H and O–H groups in total. The number of hydrogen-bond donors (Lipinski definition) is 1. The van der Waals surface area contributed by atoms with Crippen LogP contribution < -0.4 is 5.32 Å². The van der Waals surface area contributed by atoms with Gasteiger partial charge >= 0.3 is 0 Å². The van der Waals surface area contributed by atoms with Crippen molar-refractivity contribution in [1.29, 1.82) is 0 Å². The highest BCUT2D eigenvalue weighted by Crippen LogP contribution is 2.27. The Morgan fingerprint density at radius 3 is 2.80 bits per heavy atom. The molecule has 0 fully saturated rings. The average Bonchev–Trinajstić information content (AvgIpc) is 2.42. The van der Waals surface area contributed by atoms with Crippen LogP contribution in [0.1, 0.15) is 30.0 Å². The third-order valence-corrected chi connectivity index (χ3v) is 3.83. The van der Waals surface area contributed by atoms with Crippen LogP contribution >= 0.6 is 0 Å². The number of rotatable bonds is 2. The van der Waals surface area contributed by atoms with Crippen LogP contribution in [0.15, 0.2) is 36.4 Å². The van der Waals surface area contributed by atoms with E-state index in [1.165, 1.54) is 23.4 Å². The summed E-state index contributed by atoms with van der Waals surface area (Å²) in [7, 11) is 0. The number of anilines is 1. The molecule has 3 heteroatoms. The maximum Gasteiger partial charge on any atom is 0.129 e. The molecule has 3 rings (SSSR count). The number of benzene rings is 2. The third kappa shape index (κ3) is 2.67. The van der Waals surface area contributed by atoms with E-state index >= 15 is 0 Å². The smallest absolute Gasteiger partial charge is 0.129 e. The second kappa shape index (κ2) is 5.23. The third-order valence-electron chi connectivity index (χ3n) is 3.83. The van der Waals surface area contributed by atoms with Gasteiger partial charge in [0.15, 0.2) is 0 Å². The lowest BCUT2D eigenvalue weighted by Crippen LogP contribution is -2.21. The molecule has 0 saturated heterocycles. The number of fused-ring (bicyclic) bond motifs is 1. The van der Waals surface area contributed by atoms with Crippen molar-refractivity contribution in [2.24, 2.45) is 0 Å². The van der Waals surface area contributed by atoms with Crippen LogP contribution in [-0.4, -0.2) is 6.04 Å². The maximum absolute atomic E-state index is 13.7. The minimum Gasteiger partial charge on any atom is -0.382 e. The van der Waals surface area contributed by atoms with Crippen molar-refractivity contribution < 1.29 is 8.78 Å². The van der Waals surface area contributed by atoms with E-state index in [0.717, 1.165) is 24.5 Å². The Morgan fingerprint density at radius 1 is 1.15 bits per heavy atom. The van der Waals surface area contributed by atoms with E-state index in [1.54, 1.807) is 0 Å². The first kappa shape index (κ1) is 13.1. The van der Waals surface area contributed by atoms with E-state index < -0.39 is 11.6 Å². The van der Waals surface area contributed by atoms with Gasteiger partial charge in [0, 0.05) is 24.2 Å². The Hall–Kier alpha value is -1.90. The normalized spacial score (nSPS) is 17.4. The van der Waals surface area contributed by atoms with Gasteiger partial charge in [0.2, 0.25) is 0 Å². The van der Waals surface area contributed by atoms with Crippen molar-refractivity contribution in [1.82, 2.24) is 0 Å². The number of aryl methyl sites for hydroxylation is 1. The predicted molar refractivity (Wildman–Crippen MR) is 77.0 cm³/mol. The van der Waals surface area contributed by atoms with Crippen molar-refractivity contribution in [2.45, 2.75) is 32.2 Å². The van der Waals surface area contributed by atoms with Crippen molar-refractivity contribution in [3.63, 3.8) is 0 Å². The van der Waals surface area contributed by atoms with Crippen LogP contribution in [0.5, 0.6) is 0 Å². The van der Waals surface area contributed by atoms with Crippen molar-refractivity contribution in [3.05, 3.63) is 64.7 Å². The lowest BCUT2D eigenvalue weighted by atomic mass is 9.95. The van der Waals surface area contributed by atoms with E-state index in [-0.39, 0.29) is 0 Å². The number of hydrogen-bond acceptors (Lipinski definition) is 1. The van der Waals surface area contributed by atoms with Gasteiger partial charge in [-0.25, -0.2) is 8.78 Å². The molecule has 1 heterocycles. The van der Waals surface area contributed by atoms with Crippen molar-refractivity contribution in [2.75, 3.05) is 5.32 Å². The molecular weight excluding hydrogens is 256 g/mol. The Labute approximate surface area is 117 Å². The Morgan fingerprint density at radius 2 is 2.00 bits per heavy atom. The fourth-order valence-electron chi connectivity index (χ4n) is 2.70. The van der Waals surface area contributed by atoms with Gasteiger partial charge in [0.25, 0.3) is 0 Å². The summed E-state index contributed by atoms with van der Waals surface area (Å²) >= 11 is 0. The molecule has 1 unspecified atom stereocenters. The van der Waals surface area contributed by atoms with Gasteiger partial charge in [-0.1, -0.05) is 18.2 Å². The Kier molecular flexibility index (Phi) is 3.43. The minimum atomic E-state index is -0.533. The van der Waals surface area contributed by atoms with Crippen LogP contribution in [0.3, 0.4) is 0 Å². The van der Waals surface area contributed by atoms with Gasteiger partial charge < -0.3 is 5.32 Å². The summed E-state index contributed by atoms with van der Waals surface area (Å²) in [5.74, 6) is -1.01. The van der Waals surface area contributed by atoms with Gasteiger partial charge in [0.1, 0.15) is 11.6 Å². The second-order valence-corrected chi connectivity index (χ2v) is 5.49. The quantitative estimate of drug-likeness (QED) is 0.860. The van der Waals surface area contributed by atoms with Gasteiger partial charge in [-0.3, -0.25) is 0 Å². The summed E-state index contributed by atoms with van der Waals surface area (Å²) in [5, 5.41) is 3.45. The number of halogens is 2. The van der Waals surface area contributed by atoms with Crippen molar-refractivity contribution >= 4 is 5.69 Å².